The number of likely N-dealkylation sites (N-methyl/N-ethyl adjacent to an activating group) is 2. The van der Waals surface area contributed by atoms with Gasteiger partial charge in [-0.2, -0.15) is 0 Å². The number of thioether (sulfide) groups is 1. The maximum Gasteiger partial charge on any atom is 0.284 e. The van der Waals surface area contributed by atoms with E-state index in [-0.39, 0.29) is 35.2 Å². The molecule has 0 aliphatic rings. The number of aromatic nitrogens is 2. The molecule has 0 bridgehead atoms. The topological polar surface area (TPSA) is 101 Å². The molecule has 2 aromatic heterocycles. The van der Waals surface area contributed by atoms with Crippen molar-refractivity contribution in [3.63, 3.8) is 0 Å². The number of amides is 2. The summed E-state index contributed by atoms with van der Waals surface area (Å²) in [5.41, 5.74) is 0. The third-order valence-electron chi connectivity index (χ3n) is 2.90. The minimum absolute atomic E-state index is 0.0468. The smallest absolute Gasteiger partial charge is 0.284 e. The minimum atomic E-state index is -0.175. The summed E-state index contributed by atoms with van der Waals surface area (Å²) >= 11 is 1.13. The molecule has 8 nitrogen and oxygen atoms in total. The molecule has 124 valence electrons. The first kappa shape index (κ1) is 17.1. The van der Waals surface area contributed by atoms with E-state index >= 15 is 0 Å². The zero-order valence-corrected chi connectivity index (χ0v) is 13.8. The first-order valence-corrected chi connectivity index (χ1v) is 8.17. The second-order valence-electron chi connectivity index (χ2n) is 4.50. The van der Waals surface area contributed by atoms with Crippen molar-refractivity contribution in [3.8, 4) is 11.7 Å². The molecular formula is C14H18N4O4S. The lowest BCUT2D eigenvalue weighted by Crippen LogP contribution is -2.41. The second kappa shape index (κ2) is 8.37. The van der Waals surface area contributed by atoms with Gasteiger partial charge in [0.1, 0.15) is 0 Å². The van der Waals surface area contributed by atoms with Gasteiger partial charge in [-0.1, -0.05) is 11.8 Å². The Labute approximate surface area is 137 Å². The summed E-state index contributed by atoms with van der Waals surface area (Å²) in [6, 6.07) is 3.43. The van der Waals surface area contributed by atoms with Crippen molar-refractivity contribution in [2.24, 2.45) is 0 Å². The summed E-state index contributed by atoms with van der Waals surface area (Å²) in [5, 5.41) is 10.7. The van der Waals surface area contributed by atoms with E-state index in [2.05, 4.69) is 15.5 Å². The van der Waals surface area contributed by atoms with Crippen LogP contribution in [-0.2, 0) is 9.59 Å². The van der Waals surface area contributed by atoms with E-state index in [4.69, 9.17) is 8.83 Å². The summed E-state index contributed by atoms with van der Waals surface area (Å²) in [5.74, 6) is 0.515. The van der Waals surface area contributed by atoms with Crippen LogP contribution in [0.1, 0.15) is 13.8 Å². The van der Waals surface area contributed by atoms with Crippen molar-refractivity contribution >= 4 is 23.6 Å². The number of carbonyl (C=O) groups is 2. The third kappa shape index (κ3) is 4.85. The molecule has 0 aromatic carbocycles. The Hall–Kier alpha value is -2.29. The highest BCUT2D eigenvalue weighted by molar-refractivity contribution is 7.99. The molecule has 0 aliphatic carbocycles. The maximum absolute atomic E-state index is 12.1. The fourth-order valence-electron chi connectivity index (χ4n) is 1.79. The Bertz CT molecular complexity index is 641. The molecule has 2 aromatic rings. The number of carbonyl (C=O) groups excluding carboxylic acids is 2. The van der Waals surface area contributed by atoms with Crippen LogP contribution in [0.3, 0.4) is 0 Å². The van der Waals surface area contributed by atoms with Crippen LogP contribution in [0.15, 0.2) is 32.5 Å². The summed E-state index contributed by atoms with van der Waals surface area (Å²) in [6.45, 7) is 4.70. The number of nitrogens with zero attached hydrogens (tertiary/aromatic N) is 3. The number of furan rings is 1. The standard InChI is InChI=1S/C14H18N4O4S/c1-3-15-11(19)8-18(4-2)12(20)9-23-14-17-16-13(22-14)10-6-5-7-21-10/h5-7H,3-4,8-9H2,1-2H3,(H,15,19). The predicted octanol–water partition coefficient (Wildman–Crippen LogP) is 1.41. The van der Waals surface area contributed by atoms with Crippen LogP contribution in [-0.4, -0.2) is 52.3 Å². The van der Waals surface area contributed by atoms with Crippen LogP contribution in [0.2, 0.25) is 0 Å². The highest BCUT2D eigenvalue weighted by atomic mass is 32.2. The Kier molecular flexibility index (Phi) is 6.21. The molecule has 0 unspecified atom stereocenters. The molecule has 0 atom stereocenters. The molecule has 2 heterocycles. The van der Waals surface area contributed by atoms with Gasteiger partial charge < -0.3 is 19.1 Å². The molecule has 0 radical (unpaired) electrons. The van der Waals surface area contributed by atoms with Crippen molar-refractivity contribution in [1.82, 2.24) is 20.4 Å². The van der Waals surface area contributed by atoms with Crippen molar-refractivity contribution in [3.05, 3.63) is 18.4 Å². The SMILES string of the molecule is CCNC(=O)CN(CC)C(=O)CSc1nnc(-c2ccco2)o1. The molecule has 9 heteroatoms. The monoisotopic (exact) mass is 338 g/mol. The Morgan fingerprint density at radius 3 is 2.83 bits per heavy atom. The molecular weight excluding hydrogens is 320 g/mol. The van der Waals surface area contributed by atoms with Gasteiger partial charge in [-0.05, 0) is 26.0 Å². The zero-order chi connectivity index (χ0) is 16.7. The van der Waals surface area contributed by atoms with Crippen molar-refractivity contribution in [2.45, 2.75) is 19.1 Å². The quantitative estimate of drug-likeness (QED) is 0.726. The van der Waals surface area contributed by atoms with Gasteiger partial charge in [-0.25, -0.2) is 0 Å². The van der Waals surface area contributed by atoms with Gasteiger partial charge in [-0.15, -0.1) is 10.2 Å². The first-order chi connectivity index (χ1) is 11.1. The van der Waals surface area contributed by atoms with Crippen LogP contribution in [0.5, 0.6) is 0 Å². The van der Waals surface area contributed by atoms with E-state index in [1.165, 1.54) is 11.2 Å². The lowest BCUT2D eigenvalue weighted by atomic mass is 10.4. The molecule has 0 fully saturated rings. The van der Waals surface area contributed by atoms with Crippen LogP contribution in [0.4, 0.5) is 0 Å². The summed E-state index contributed by atoms with van der Waals surface area (Å²) in [6.07, 6.45) is 1.51. The van der Waals surface area contributed by atoms with E-state index in [0.29, 0.717) is 18.8 Å². The van der Waals surface area contributed by atoms with Gasteiger partial charge in [0.25, 0.3) is 11.1 Å². The minimum Gasteiger partial charge on any atom is -0.459 e. The van der Waals surface area contributed by atoms with Gasteiger partial charge >= 0.3 is 0 Å². The van der Waals surface area contributed by atoms with Crippen molar-refractivity contribution in [1.29, 1.82) is 0 Å². The Balaban J connectivity index is 1.86. The summed E-state index contributed by atoms with van der Waals surface area (Å²) in [4.78, 5) is 25.2. The fourth-order valence-corrected chi connectivity index (χ4v) is 2.45. The molecule has 2 amide bonds. The lowest BCUT2D eigenvalue weighted by Gasteiger charge is -2.19. The first-order valence-electron chi connectivity index (χ1n) is 7.18. The number of hydrogen-bond acceptors (Lipinski definition) is 7. The van der Waals surface area contributed by atoms with Crippen LogP contribution in [0, 0.1) is 0 Å². The largest absolute Gasteiger partial charge is 0.459 e. The van der Waals surface area contributed by atoms with Gasteiger partial charge in [0.2, 0.25) is 11.8 Å². The third-order valence-corrected chi connectivity index (χ3v) is 3.70. The number of nitrogens with one attached hydrogen (secondary N) is 1. The maximum atomic E-state index is 12.1. The number of rotatable bonds is 8. The summed E-state index contributed by atoms with van der Waals surface area (Å²) in [7, 11) is 0. The zero-order valence-electron chi connectivity index (χ0n) is 12.9. The highest BCUT2D eigenvalue weighted by Gasteiger charge is 2.17. The van der Waals surface area contributed by atoms with Crippen LogP contribution in [0.25, 0.3) is 11.7 Å². The molecule has 23 heavy (non-hydrogen) atoms. The molecule has 0 saturated carbocycles. The van der Waals surface area contributed by atoms with Gasteiger partial charge in [0, 0.05) is 13.1 Å². The Morgan fingerprint density at radius 1 is 1.35 bits per heavy atom. The molecule has 0 spiro atoms. The average molecular weight is 338 g/mol. The molecule has 1 N–H and O–H groups in total. The van der Waals surface area contributed by atoms with Gasteiger partial charge in [-0.3, -0.25) is 9.59 Å². The van der Waals surface area contributed by atoms with E-state index in [1.54, 1.807) is 12.1 Å². The molecule has 0 saturated heterocycles. The van der Waals surface area contributed by atoms with Gasteiger partial charge in [0.05, 0.1) is 18.6 Å². The normalized spacial score (nSPS) is 10.5. The van der Waals surface area contributed by atoms with E-state index < -0.39 is 0 Å². The van der Waals surface area contributed by atoms with E-state index in [0.717, 1.165) is 11.8 Å². The van der Waals surface area contributed by atoms with Crippen molar-refractivity contribution < 1.29 is 18.4 Å². The van der Waals surface area contributed by atoms with E-state index in [9.17, 15) is 9.59 Å². The van der Waals surface area contributed by atoms with Crippen LogP contribution >= 0.6 is 11.8 Å². The van der Waals surface area contributed by atoms with E-state index in [1.807, 2.05) is 13.8 Å². The Morgan fingerprint density at radius 2 is 2.17 bits per heavy atom. The lowest BCUT2D eigenvalue weighted by molar-refractivity contribution is -0.133. The van der Waals surface area contributed by atoms with Crippen LogP contribution < -0.4 is 5.32 Å². The number of hydrogen-bond donors (Lipinski definition) is 1. The second-order valence-corrected chi connectivity index (χ2v) is 5.43. The molecule has 2 rings (SSSR count). The molecule has 0 aliphatic heterocycles. The highest BCUT2D eigenvalue weighted by Crippen LogP contribution is 2.23. The summed E-state index contributed by atoms with van der Waals surface area (Å²) < 4.78 is 10.6. The predicted molar refractivity (Wildman–Crippen MR) is 83.7 cm³/mol. The fraction of sp³-hybridized carbons (Fsp3) is 0.429. The van der Waals surface area contributed by atoms with Crippen molar-refractivity contribution in [2.75, 3.05) is 25.4 Å². The van der Waals surface area contributed by atoms with Gasteiger partial charge in [0.15, 0.2) is 5.76 Å². The average Bonchev–Trinajstić information content (AvgIpc) is 3.21.